The van der Waals surface area contributed by atoms with Crippen LogP contribution in [0.4, 0.5) is 5.69 Å². The van der Waals surface area contributed by atoms with Gasteiger partial charge in [0.1, 0.15) is 0 Å². The van der Waals surface area contributed by atoms with Gasteiger partial charge in [0.25, 0.3) is 0 Å². The zero-order valence-corrected chi connectivity index (χ0v) is 18.1. The number of rotatable bonds is 5. The van der Waals surface area contributed by atoms with E-state index >= 15 is 0 Å². The van der Waals surface area contributed by atoms with E-state index in [0.717, 1.165) is 38.2 Å². The summed E-state index contributed by atoms with van der Waals surface area (Å²) in [5, 5.41) is 3.17. The lowest BCUT2D eigenvalue weighted by molar-refractivity contribution is -0.136. The van der Waals surface area contributed by atoms with Crippen LogP contribution in [-0.4, -0.2) is 78.4 Å². The predicted molar refractivity (Wildman–Crippen MR) is 117 cm³/mol. The van der Waals surface area contributed by atoms with Gasteiger partial charge in [0, 0.05) is 44.5 Å². The molecule has 0 saturated carbocycles. The van der Waals surface area contributed by atoms with Gasteiger partial charge in [-0.2, -0.15) is 0 Å². The number of anilines is 1. The van der Waals surface area contributed by atoms with Gasteiger partial charge in [0.15, 0.2) is 0 Å². The van der Waals surface area contributed by atoms with Crippen LogP contribution < -0.4 is 5.32 Å². The summed E-state index contributed by atoms with van der Waals surface area (Å²) in [4.78, 5) is 31.0. The minimum absolute atomic E-state index is 0. The highest BCUT2D eigenvalue weighted by atomic mass is 35.5. The molecule has 0 aliphatic carbocycles. The first kappa shape index (κ1) is 24.5. The largest absolute Gasteiger partial charge is 0.376 e. The molecule has 158 valence electrons. The molecular weight excluding hydrogens is 399 g/mol. The van der Waals surface area contributed by atoms with Gasteiger partial charge >= 0.3 is 0 Å². The molecule has 1 atom stereocenters. The van der Waals surface area contributed by atoms with E-state index in [1.54, 1.807) is 0 Å². The lowest BCUT2D eigenvalue weighted by atomic mass is 10.0. The summed E-state index contributed by atoms with van der Waals surface area (Å²) in [5.74, 6) is 0.354. The third-order valence-corrected chi connectivity index (χ3v) is 5.42. The second-order valence-electron chi connectivity index (χ2n) is 7.31. The number of hydrogen-bond donors (Lipinski definition) is 1. The Morgan fingerprint density at radius 2 is 1.64 bits per heavy atom. The number of piperidine rings is 1. The summed E-state index contributed by atoms with van der Waals surface area (Å²) >= 11 is 0. The standard InChI is InChI=1S/C20H30N4O2.2ClH/c1-17-7-5-6-10-24(17)20(26)16-22-11-13-23(14-12-22)19(25)15-21-18-8-3-2-4-9-18;;/h2-4,8-9,17,21H,5-7,10-16H2,1H3;2*1H. The summed E-state index contributed by atoms with van der Waals surface area (Å²) < 4.78 is 0. The van der Waals surface area contributed by atoms with Gasteiger partial charge < -0.3 is 15.1 Å². The molecule has 2 heterocycles. The number of carbonyl (C=O) groups is 2. The fourth-order valence-electron chi connectivity index (χ4n) is 3.75. The molecule has 2 amide bonds. The third kappa shape index (κ3) is 6.83. The van der Waals surface area contributed by atoms with Crippen molar-refractivity contribution in [2.75, 3.05) is 51.1 Å². The Morgan fingerprint density at radius 1 is 0.964 bits per heavy atom. The van der Waals surface area contributed by atoms with Crippen molar-refractivity contribution in [3.8, 4) is 0 Å². The lowest BCUT2D eigenvalue weighted by Gasteiger charge is -2.38. The third-order valence-electron chi connectivity index (χ3n) is 5.42. The number of amides is 2. The minimum Gasteiger partial charge on any atom is -0.376 e. The van der Waals surface area contributed by atoms with Crippen LogP contribution in [0.15, 0.2) is 30.3 Å². The molecule has 8 heteroatoms. The summed E-state index contributed by atoms with van der Waals surface area (Å²) in [6.45, 7) is 6.76. The van der Waals surface area contributed by atoms with Crippen molar-refractivity contribution in [2.45, 2.75) is 32.2 Å². The fourth-order valence-corrected chi connectivity index (χ4v) is 3.75. The van der Waals surface area contributed by atoms with Crippen molar-refractivity contribution in [1.82, 2.24) is 14.7 Å². The summed E-state index contributed by atoms with van der Waals surface area (Å²) in [7, 11) is 0. The van der Waals surface area contributed by atoms with Gasteiger partial charge in [-0.15, -0.1) is 24.8 Å². The quantitative estimate of drug-likeness (QED) is 0.779. The molecule has 0 bridgehead atoms. The van der Waals surface area contributed by atoms with E-state index < -0.39 is 0 Å². The van der Waals surface area contributed by atoms with Crippen LogP contribution in [0.25, 0.3) is 0 Å². The van der Waals surface area contributed by atoms with E-state index in [-0.39, 0.29) is 36.6 Å². The number of likely N-dealkylation sites (tertiary alicyclic amines) is 1. The maximum Gasteiger partial charge on any atom is 0.241 e. The van der Waals surface area contributed by atoms with E-state index in [9.17, 15) is 9.59 Å². The van der Waals surface area contributed by atoms with Crippen LogP contribution >= 0.6 is 24.8 Å². The Kier molecular flexibility index (Phi) is 10.6. The van der Waals surface area contributed by atoms with E-state index in [4.69, 9.17) is 0 Å². The van der Waals surface area contributed by atoms with Crippen LogP contribution in [0.5, 0.6) is 0 Å². The first-order valence-corrected chi connectivity index (χ1v) is 9.72. The monoisotopic (exact) mass is 430 g/mol. The number of hydrogen-bond acceptors (Lipinski definition) is 4. The number of piperazine rings is 1. The molecule has 1 aromatic rings. The van der Waals surface area contributed by atoms with Crippen LogP contribution in [0.2, 0.25) is 0 Å². The molecule has 2 fully saturated rings. The lowest BCUT2D eigenvalue weighted by Crippen LogP contribution is -2.53. The van der Waals surface area contributed by atoms with E-state index in [2.05, 4.69) is 17.1 Å². The van der Waals surface area contributed by atoms with Gasteiger partial charge in [0.05, 0.1) is 13.1 Å². The molecule has 1 unspecified atom stereocenters. The highest BCUT2D eigenvalue weighted by Crippen LogP contribution is 2.17. The second kappa shape index (κ2) is 12.1. The molecule has 1 aromatic carbocycles. The zero-order chi connectivity index (χ0) is 18.4. The van der Waals surface area contributed by atoms with Crippen molar-refractivity contribution in [2.24, 2.45) is 0 Å². The molecule has 2 aliphatic rings. The van der Waals surface area contributed by atoms with E-state index in [1.807, 2.05) is 40.1 Å². The number of nitrogens with one attached hydrogen (secondary N) is 1. The van der Waals surface area contributed by atoms with E-state index in [1.165, 1.54) is 6.42 Å². The topological polar surface area (TPSA) is 55.9 Å². The molecule has 0 spiro atoms. The minimum atomic E-state index is 0. The van der Waals surface area contributed by atoms with Crippen molar-refractivity contribution in [3.63, 3.8) is 0 Å². The molecule has 28 heavy (non-hydrogen) atoms. The number of halogens is 2. The fraction of sp³-hybridized carbons (Fsp3) is 0.600. The van der Waals surface area contributed by atoms with Gasteiger partial charge in [-0.05, 0) is 38.3 Å². The van der Waals surface area contributed by atoms with Gasteiger partial charge in [0.2, 0.25) is 11.8 Å². The molecule has 3 rings (SSSR count). The molecule has 0 aromatic heterocycles. The summed E-state index contributed by atoms with van der Waals surface area (Å²) in [6.07, 6.45) is 3.46. The zero-order valence-electron chi connectivity index (χ0n) is 16.5. The Hall–Kier alpha value is -1.50. The summed E-state index contributed by atoms with van der Waals surface area (Å²) in [6, 6.07) is 10.1. The van der Waals surface area contributed by atoms with Crippen molar-refractivity contribution in [3.05, 3.63) is 30.3 Å². The van der Waals surface area contributed by atoms with Crippen molar-refractivity contribution in [1.29, 1.82) is 0 Å². The second-order valence-corrected chi connectivity index (χ2v) is 7.31. The first-order valence-electron chi connectivity index (χ1n) is 9.72. The number of carbonyl (C=O) groups excluding carboxylic acids is 2. The highest BCUT2D eigenvalue weighted by molar-refractivity contribution is 5.85. The Labute approximate surface area is 180 Å². The van der Waals surface area contributed by atoms with Crippen LogP contribution in [0.3, 0.4) is 0 Å². The molecule has 0 radical (unpaired) electrons. The normalized spacial score (nSPS) is 20.0. The summed E-state index contributed by atoms with van der Waals surface area (Å²) in [5.41, 5.74) is 0.959. The molecule has 2 saturated heterocycles. The van der Waals surface area contributed by atoms with Crippen LogP contribution in [0, 0.1) is 0 Å². The molecule has 1 N–H and O–H groups in total. The Balaban J connectivity index is 0.00000196. The first-order chi connectivity index (χ1) is 12.6. The smallest absolute Gasteiger partial charge is 0.241 e. The van der Waals surface area contributed by atoms with Crippen LogP contribution in [0.1, 0.15) is 26.2 Å². The predicted octanol–water partition coefficient (Wildman–Crippen LogP) is 2.49. The average molecular weight is 431 g/mol. The Morgan fingerprint density at radius 3 is 2.29 bits per heavy atom. The maximum absolute atomic E-state index is 12.5. The number of nitrogens with zero attached hydrogens (tertiary/aromatic N) is 3. The molecule has 2 aliphatic heterocycles. The molecular formula is C20H32Cl2N4O2. The van der Waals surface area contributed by atoms with Gasteiger partial charge in [-0.3, -0.25) is 14.5 Å². The Bertz CT molecular complexity index is 609. The molecule has 6 nitrogen and oxygen atoms in total. The number of benzene rings is 1. The highest BCUT2D eigenvalue weighted by Gasteiger charge is 2.27. The van der Waals surface area contributed by atoms with Gasteiger partial charge in [-0.1, -0.05) is 18.2 Å². The van der Waals surface area contributed by atoms with Crippen LogP contribution in [-0.2, 0) is 9.59 Å². The van der Waals surface area contributed by atoms with Gasteiger partial charge in [-0.25, -0.2) is 0 Å². The average Bonchev–Trinajstić information content (AvgIpc) is 2.68. The number of para-hydroxylation sites is 1. The maximum atomic E-state index is 12.5. The van der Waals surface area contributed by atoms with Crippen molar-refractivity contribution < 1.29 is 9.59 Å². The SMILES string of the molecule is CC1CCCCN1C(=O)CN1CCN(C(=O)CNc2ccccc2)CC1.Cl.Cl. The van der Waals surface area contributed by atoms with E-state index in [0.29, 0.717) is 32.2 Å². The van der Waals surface area contributed by atoms with Crippen molar-refractivity contribution >= 4 is 42.3 Å².